The number of hydrogen-bond acceptors (Lipinski definition) is 3. The highest BCUT2D eigenvalue weighted by Gasteiger charge is 2.47. The van der Waals surface area contributed by atoms with E-state index < -0.39 is 11.0 Å². The molecule has 6 heteroatoms. The summed E-state index contributed by atoms with van der Waals surface area (Å²) >= 11 is 0. The summed E-state index contributed by atoms with van der Waals surface area (Å²) in [5.41, 5.74) is 3.21. The number of rotatable bonds is 3. The molecule has 1 fully saturated rings. The lowest BCUT2D eigenvalue weighted by Crippen LogP contribution is -2.46. The molecule has 0 bridgehead atoms. The number of hydrogen-bond donors (Lipinski definition) is 2. The zero-order chi connectivity index (χ0) is 19.1. The van der Waals surface area contributed by atoms with Gasteiger partial charge in [0.15, 0.2) is 0 Å². The number of benzene rings is 1. The van der Waals surface area contributed by atoms with Gasteiger partial charge in [0, 0.05) is 19.7 Å². The minimum absolute atomic E-state index is 0.00903. The first-order valence-electron chi connectivity index (χ1n) is 9.37. The Bertz CT molecular complexity index is 718. The lowest BCUT2D eigenvalue weighted by atomic mass is 9.73. The van der Waals surface area contributed by atoms with Gasteiger partial charge in [-0.15, -0.1) is 0 Å². The molecular formula is C20H31N3O2S. The number of amides is 1. The van der Waals surface area contributed by atoms with Crippen LogP contribution in [-0.4, -0.2) is 46.9 Å². The van der Waals surface area contributed by atoms with Gasteiger partial charge in [-0.1, -0.05) is 6.07 Å². The molecule has 1 aromatic rings. The highest BCUT2D eigenvalue weighted by molar-refractivity contribution is 7.84. The largest absolute Gasteiger partial charge is 0.345 e. The Morgan fingerprint density at radius 2 is 1.92 bits per heavy atom. The molecule has 2 N–H and O–H groups in total. The molecule has 1 amide bonds. The summed E-state index contributed by atoms with van der Waals surface area (Å²) in [6, 6.07) is 6.07. The molecule has 0 radical (unpaired) electrons. The van der Waals surface area contributed by atoms with Crippen molar-refractivity contribution in [2.45, 2.75) is 50.8 Å². The minimum Gasteiger partial charge on any atom is -0.345 e. The second-order valence-electron chi connectivity index (χ2n) is 8.83. The van der Waals surface area contributed by atoms with Gasteiger partial charge in [0.25, 0.3) is 5.91 Å². The highest BCUT2D eigenvalue weighted by atomic mass is 32.2. The Morgan fingerprint density at radius 1 is 1.27 bits per heavy atom. The average molecular weight is 378 g/mol. The van der Waals surface area contributed by atoms with Crippen molar-refractivity contribution in [1.29, 1.82) is 0 Å². The average Bonchev–Trinajstić information content (AvgIpc) is 2.86. The van der Waals surface area contributed by atoms with E-state index >= 15 is 0 Å². The van der Waals surface area contributed by atoms with Gasteiger partial charge in [0.2, 0.25) is 0 Å². The topological polar surface area (TPSA) is 61.4 Å². The van der Waals surface area contributed by atoms with Crippen molar-refractivity contribution in [2.75, 3.05) is 27.2 Å². The van der Waals surface area contributed by atoms with Gasteiger partial charge in [-0.3, -0.25) is 4.79 Å². The van der Waals surface area contributed by atoms with Gasteiger partial charge in [-0.25, -0.2) is 8.93 Å². The molecule has 1 spiro atoms. The smallest absolute Gasteiger partial charge is 0.253 e. The third-order valence-corrected chi connectivity index (χ3v) is 7.21. The fourth-order valence-electron chi connectivity index (χ4n) is 4.09. The fourth-order valence-corrected chi connectivity index (χ4v) is 5.03. The van der Waals surface area contributed by atoms with E-state index in [9.17, 15) is 9.00 Å². The summed E-state index contributed by atoms with van der Waals surface area (Å²) < 4.78 is 16.0. The van der Waals surface area contributed by atoms with Crippen LogP contribution in [0.5, 0.6) is 0 Å². The lowest BCUT2D eigenvalue weighted by molar-refractivity contribution is 0.0827. The molecule has 1 aliphatic heterocycles. The molecular weight excluding hydrogens is 346 g/mol. The SMILES string of the molecule is CN(C)C(=O)c1ccc2c(c1)[C@@H](NS(=O)C(C)(C)C)C1(CCNCC1)C2. The molecule has 1 aromatic carbocycles. The predicted molar refractivity (Wildman–Crippen MR) is 106 cm³/mol. The van der Waals surface area contributed by atoms with Crippen LogP contribution in [0.4, 0.5) is 0 Å². The molecule has 1 unspecified atom stereocenters. The van der Waals surface area contributed by atoms with E-state index in [1.165, 1.54) is 5.56 Å². The standard InChI is InChI=1S/C20H31N3O2S/c1-19(2,3)26(25)22-17-16-12-14(18(24)23(4)5)6-7-15(16)13-20(17)8-10-21-11-9-20/h6-7,12,17,21-22H,8-11,13H2,1-5H3/t17-,26?/m1/s1. The second-order valence-corrected chi connectivity index (χ2v) is 10.8. The van der Waals surface area contributed by atoms with Crippen molar-refractivity contribution >= 4 is 16.9 Å². The zero-order valence-electron chi connectivity index (χ0n) is 16.5. The summed E-state index contributed by atoms with van der Waals surface area (Å²) in [5, 5.41) is 3.45. The number of piperidine rings is 1. The Morgan fingerprint density at radius 3 is 2.50 bits per heavy atom. The molecule has 3 rings (SSSR count). The van der Waals surface area contributed by atoms with Crippen LogP contribution in [0.25, 0.3) is 0 Å². The van der Waals surface area contributed by atoms with E-state index in [1.54, 1.807) is 19.0 Å². The maximum atomic E-state index is 12.9. The van der Waals surface area contributed by atoms with Crippen LogP contribution in [0.3, 0.4) is 0 Å². The predicted octanol–water partition coefficient (Wildman–Crippen LogP) is 2.41. The van der Waals surface area contributed by atoms with Gasteiger partial charge in [0.05, 0.1) is 21.8 Å². The van der Waals surface area contributed by atoms with Crippen LogP contribution < -0.4 is 10.0 Å². The van der Waals surface area contributed by atoms with Gasteiger partial charge in [-0.05, 0) is 81.8 Å². The van der Waals surface area contributed by atoms with Gasteiger partial charge < -0.3 is 10.2 Å². The first-order valence-corrected chi connectivity index (χ1v) is 10.5. The molecule has 2 atom stereocenters. The van der Waals surface area contributed by atoms with Crippen LogP contribution in [0.2, 0.25) is 0 Å². The van der Waals surface area contributed by atoms with Crippen molar-refractivity contribution in [3.63, 3.8) is 0 Å². The molecule has 1 heterocycles. The lowest BCUT2D eigenvalue weighted by Gasteiger charge is -2.40. The summed E-state index contributed by atoms with van der Waals surface area (Å²) in [6.07, 6.45) is 3.09. The number of nitrogens with zero attached hydrogens (tertiary/aromatic N) is 1. The molecule has 144 valence electrons. The van der Waals surface area contributed by atoms with Crippen molar-refractivity contribution in [3.8, 4) is 0 Å². The second kappa shape index (κ2) is 7.06. The van der Waals surface area contributed by atoms with Crippen LogP contribution in [0.1, 0.15) is 61.1 Å². The Balaban J connectivity index is 2.00. The quantitative estimate of drug-likeness (QED) is 0.850. The van der Waals surface area contributed by atoms with Gasteiger partial charge in [-0.2, -0.15) is 0 Å². The fraction of sp³-hybridized carbons (Fsp3) is 0.650. The summed E-state index contributed by atoms with van der Waals surface area (Å²) in [6.45, 7) is 7.95. The monoisotopic (exact) mass is 377 g/mol. The maximum Gasteiger partial charge on any atom is 0.253 e. The maximum absolute atomic E-state index is 12.9. The number of carbonyl (C=O) groups excluding carboxylic acids is 1. The first-order chi connectivity index (χ1) is 12.1. The third-order valence-electron chi connectivity index (χ3n) is 5.65. The molecule has 1 saturated heterocycles. The van der Waals surface area contributed by atoms with E-state index in [0.29, 0.717) is 5.56 Å². The summed E-state index contributed by atoms with van der Waals surface area (Å²) in [5.74, 6) is 0.00903. The van der Waals surface area contributed by atoms with Crippen molar-refractivity contribution in [1.82, 2.24) is 14.9 Å². The van der Waals surface area contributed by atoms with Gasteiger partial charge in [0.1, 0.15) is 0 Å². The molecule has 0 aromatic heterocycles. The molecule has 5 nitrogen and oxygen atoms in total. The summed E-state index contributed by atoms with van der Waals surface area (Å²) in [4.78, 5) is 14.0. The first kappa shape index (κ1) is 19.5. The van der Waals surface area contributed by atoms with Gasteiger partial charge >= 0.3 is 0 Å². The van der Waals surface area contributed by atoms with Crippen LogP contribution in [0, 0.1) is 5.41 Å². The zero-order valence-corrected chi connectivity index (χ0v) is 17.3. The van der Waals surface area contributed by atoms with Crippen LogP contribution in [0.15, 0.2) is 18.2 Å². The Labute approximate surface area is 159 Å². The summed E-state index contributed by atoms with van der Waals surface area (Å²) in [7, 11) is 2.39. The molecule has 26 heavy (non-hydrogen) atoms. The number of fused-ring (bicyclic) bond motifs is 1. The Hall–Kier alpha value is -1.24. The van der Waals surface area contributed by atoms with E-state index in [0.717, 1.165) is 37.9 Å². The van der Waals surface area contributed by atoms with E-state index in [-0.39, 0.29) is 22.1 Å². The van der Waals surface area contributed by atoms with E-state index in [4.69, 9.17) is 0 Å². The number of carbonyl (C=O) groups is 1. The van der Waals surface area contributed by atoms with Crippen LogP contribution >= 0.6 is 0 Å². The highest BCUT2D eigenvalue weighted by Crippen LogP contribution is 2.51. The van der Waals surface area contributed by atoms with Crippen molar-refractivity contribution in [3.05, 3.63) is 34.9 Å². The Kier molecular flexibility index (Phi) is 5.30. The van der Waals surface area contributed by atoms with Crippen molar-refractivity contribution < 1.29 is 9.00 Å². The van der Waals surface area contributed by atoms with E-state index in [2.05, 4.69) is 16.1 Å². The number of nitrogens with one attached hydrogen (secondary N) is 2. The van der Waals surface area contributed by atoms with Crippen molar-refractivity contribution in [2.24, 2.45) is 5.41 Å². The minimum atomic E-state index is -1.15. The molecule has 0 saturated carbocycles. The van der Waals surface area contributed by atoms with Crippen LogP contribution in [-0.2, 0) is 17.4 Å². The van der Waals surface area contributed by atoms with E-state index in [1.807, 2.05) is 32.9 Å². The molecule has 2 aliphatic rings. The normalized spacial score (nSPS) is 22.9. The molecule has 1 aliphatic carbocycles. The third kappa shape index (κ3) is 3.59.